The van der Waals surface area contributed by atoms with Crippen molar-refractivity contribution < 1.29 is 0 Å². The zero-order valence-electron chi connectivity index (χ0n) is 19.0. The van der Waals surface area contributed by atoms with Crippen LogP contribution in [-0.4, -0.2) is 14.0 Å². The number of hydrogen-bond acceptors (Lipinski definition) is 1. The minimum absolute atomic E-state index is 0.704. The van der Waals surface area contributed by atoms with Crippen molar-refractivity contribution in [3.05, 3.63) is 106 Å². The molecule has 1 N–H and O–H groups in total. The van der Waals surface area contributed by atoms with Crippen LogP contribution in [0.25, 0.3) is 28.0 Å². The molecule has 0 unspecified atom stereocenters. The second-order valence-corrected chi connectivity index (χ2v) is 10.6. The van der Waals surface area contributed by atoms with Crippen LogP contribution in [0, 0.1) is 0 Å². The first-order valence-electron chi connectivity index (χ1n) is 11.7. The Morgan fingerprint density at radius 3 is 2.37 bits per heavy atom. The van der Waals surface area contributed by atoms with Gasteiger partial charge in [0.2, 0.25) is 0 Å². The predicted molar refractivity (Wildman–Crippen MR) is 154 cm³/mol. The number of halogens is 2. The molecule has 0 saturated carbocycles. The summed E-state index contributed by atoms with van der Waals surface area (Å²) in [7, 11) is 0. The van der Waals surface area contributed by atoms with Gasteiger partial charge in [0.15, 0.2) is 0 Å². The maximum Gasteiger partial charge on any atom is 0.128 e. The summed E-state index contributed by atoms with van der Waals surface area (Å²) in [5.74, 6) is 0. The van der Waals surface area contributed by atoms with Gasteiger partial charge in [-0.15, -0.1) is 0 Å². The molecular formula is C29H23BrClN3S. The largest absolute Gasteiger partial charge is 0.345 e. The molecule has 3 heterocycles. The van der Waals surface area contributed by atoms with Crippen LogP contribution >= 0.6 is 39.7 Å². The van der Waals surface area contributed by atoms with Gasteiger partial charge in [-0.05, 0) is 66.8 Å². The van der Waals surface area contributed by atoms with E-state index in [2.05, 4.69) is 78.9 Å². The first kappa shape index (κ1) is 22.6. The molecule has 3 nitrogen and oxygen atoms in total. The molecule has 1 aliphatic heterocycles. The van der Waals surface area contributed by atoms with E-state index in [1.807, 2.05) is 36.4 Å². The molecule has 0 radical (unpaired) electrons. The number of hydrogen-bond donors (Lipinski definition) is 1. The maximum absolute atomic E-state index is 6.25. The second-order valence-electron chi connectivity index (χ2n) is 8.85. The van der Waals surface area contributed by atoms with E-state index in [-0.39, 0.29) is 0 Å². The summed E-state index contributed by atoms with van der Waals surface area (Å²) < 4.78 is 5.82. The third kappa shape index (κ3) is 4.12. The molecule has 5 aromatic rings. The molecule has 174 valence electrons. The Labute approximate surface area is 223 Å². The van der Waals surface area contributed by atoms with Gasteiger partial charge in [-0.2, -0.15) is 0 Å². The van der Waals surface area contributed by atoms with Crippen molar-refractivity contribution in [3.63, 3.8) is 0 Å². The van der Waals surface area contributed by atoms with Crippen molar-refractivity contribution in [1.29, 1.82) is 0 Å². The van der Waals surface area contributed by atoms with Crippen molar-refractivity contribution in [3.8, 4) is 22.4 Å². The third-order valence-electron chi connectivity index (χ3n) is 6.65. The molecule has 6 rings (SSSR count). The molecule has 1 aliphatic rings. The van der Waals surface area contributed by atoms with E-state index in [1.165, 1.54) is 28.0 Å². The quantitative estimate of drug-likeness (QED) is 0.222. The highest BCUT2D eigenvalue weighted by Crippen LogP contribution is 2.40. The van der Waals surface area contributed by atoms with Gasteiger partial charge >= 0.3 is 0 Å². The molecule has 3 aromatic carbocycles. The summed E-state index contributed by atoms with van der Waals surface area (Å²) >= 11 is 15.9. The topological polar surface area (TPSA) is 21.4 Å². The molecular weight excluding hydrogens is 538 g/mol. The van der Waals surface area contributed by atoms with Crippen molar-refractivity contribution in [2.45, 2.75) is 25.8 Å². The summed E-state index contributed by atoms with van der Waals surface area (Å²) in [5, 5.41) is 4.23. The zero-order chi connectivity index (χ0) is 23.9. The van der Waals surface area contributed by atoms with E-state index in [4.69, 9.17) is 23.8 Å². The monoisotopic (exact) mass is 559 g/mol. The Hall–Kier alpha value is -2.86. The Bertz CT molecular complexity index is 1530. The van der Waals surface area contributed by atoms with E-state index in [0.29, 0.717) is 4.99 Å². The highest BCUT2D eigenvalue weighted by atomic mass is 79.9. The number of nitrogens with zero attached hydrogens (tertiary/aromatic N) is 2. The van der Waals surface area contributed by atoms with Gasteiger partial charge in [-0.1, -0.05) is 82.2 Å². The van der Waals surface area contributed by atoms with Crippen LogP contribution in [0.3, 0.4) is 0 Å². The first-order valence-corrected chi connectivity index (χ1v) is 13.3. The average Bonchev–Trinajstić information content (AvgIpc) is 3.29. The maximum atomic E-state index is 6.25. The molecule has 0 bridgehead atoms. The van der Waals surface area contributed by atoms with Gasteiger partial charge in [-0.3, -0.25) is 4.40 Å². The summed E-state index contributed by atoms with van der Waals surface area (Å²) in [6, 6.07) is 26.9. The van der Waals surface area contributed by atoms with Crippen molar-refractivity contribution in [2.24, 2.45) is 0 Å². The van der Waals surface area contributed by atoms with Crippen molar-refractivity contribution >= 4 is 56.1 Å². The summed E-state index contributed by atoms with van der Waals surface area (Å²) in [6.07, 6.45) is 5.56. The summed E-state index contributed by atoms with van der Waals surface area (Å²) in [4.78, 5) is 0.704. The van der Waals surface area contributed by atoms with E-state index in [9.17, 15) is 0 Å². The first-order chi connectivity index (χ1) is 17.1. The van der Waals surface area contributed by atoms with Gasteiger partial charge in [0, 0.05) is 39.1 Å². The zero-order valence-corrected chi connectivity index (χ0v) is 22.1. The Morgan fingerprint density at radius 1 is 0.886 bits per heavy atom. The van der Waals surface area contributed by atoms with Gasteiger partial charge < -0.3 is 9.88 Å². The highest BCUT2D eigenvalue weighted by Gasteiger charge is 2.28. The van der Waals surface area contributed by atoms with Gasteiger partial charge in [0.05, 0.1) is 11.4 Å². The SMILES string of the molecule is S=C(Nc1ccc(Br)cc1)c1c(-c2ccc(Cl)cc2)c2c3n(c(-c4ccccc4)cn13)CCCC2. The molecule has 0 fully saturated rings. The van der Waals surface area contributed by atoms with Crippen LogP contribution in [0.5, 0.6) is 0 Å². The fraction of sp³-hybridized carbons (Fsp3) is 0.138. The lowest BCUT2D eigenvalue weighted by atomic mass is 9.98. The van der Waals surface area contributed by atoms with Crippen molar-refractivity contribution in [1.82, 2.24) is 8.97 Å². The smallest absolute Gasteiger partial charge is 0.128 e. The minimum Gasteiger partial charge on any atom is -0.345 e. The Balaban J connectivity index is 1.60. The minimum atomic E-state index is 0.704. The summed E-state index contributed by atoms with van der Waals surface area (Å²) in [6.45, 7) is 0.990. The lowest BCUT2D eigenvalue weighted by molar-refractivity contribution is 0.647. The van der Waals surface area contributed by atoms with E-state index >= 15 is 0 Å². The molecule has 0 spiro atoms. The average molecular weight is 561 g/mol. The third-order valence-corrected chi connectivity index (χ3v) is 7.73. The van der Waals surface area contributed by atoms with Crippen LogP contribution in [0.1, 0.15) is 24.1 Å². The van der Waals surface area contributed by atoms with E-state index in [1.54, 1.807) is 0 Å². The number of anilines is 1. The van der Waals surface area contributed by atoms with Crippen LogP contribution in [0.15, 0.2) is 89.5 Å². The molecule has 0 amide bonds. The number of nitrogens with one attached hydrogen (secondary N) is 1. The number of thiocarbonyl (C=S) groups is 1. The highest BCUT2D eigenvalue weighted by molar-refractivity contribution is 9.10. The number of rotatable bonds is 4. The van der Waals surface area contributed by atoms with Crippen molar-refractivity contribution in [2.75, 3.05) is 5.32 Å². The van der Waals surface area contributed by atoms with Crippen LogP contribution in [-0.2, 0) is 13.0 Å². The molecule has 0 atom stereocenters. The second kappa shape index (κ2) is 9.30. The fourth-order valence-electron chi connectivity index (χ4n) is 5.10. The molecule has 35 heavy (non-hydrogen) atoms. The Morgan fingerprint density at radius 2 is 1.63 bits per heavy atom. The number of benzene rings is 3. The lowest BCUT2D eigenvalue weighted by Gasteiger charge is -2.12. The molecule has 0 saturated heterocycles. The predicted octanol–water partition coefficient (Wildman–Crippen LogP) is 8.61. The standard InChI is InChI=1S/C29H23BrClN3S/c30-21-11-15-23(16-12-21)32-28(35)27-26(20-9-13-22(31)14-10-20)24-8-4-5-17-33-25(18-34(27)29(24)33)19-6-2-1-3-7-19/h1-3,6-7,9-16,18H,4-5,8,17H2,(H,32,35). The number of aryl methyl sites for hydroxylation is 2. The number of imidazole rings is 1. The van der Waals surface area contributed by atoms with Crippen LogP contribution in [0.2, 0.25) is 5.02 Å². The van der Waals surface area contributed by atoms with E-state index < -0.39 is 0 Å². The molecule has 0 aliphatic carbocycles. The molecule has 6 heteroatoms. The fourth-order valence-corrected chi connectivity index (χ4v) is 5.81. The van der Waals surface area contributed by atoms with Crippen LogP contribution in [0.4, 0.5) is 5.69 Å². The Kier molecular flexibility index (Phi) is 6.01. The molecule has 2 aromatic heterocycles. The normalized spacial score (nSPS) is 13.1. The van der Waals surface area contributed by atoms with Gasteiger partial charge in [0.25, 0.3) is 0 Å². The summed E-state index contributed by atoms with van der Waals surface area (Å²) in [5.41, 5.74) is 9.34. The van der Waals surface area contributed by atoms with E-state index in [0.717, 1.165) is 52.2 Å². The van der Waals surface area contributed by atoms with Gasteiger partial charge in [0.1, 0.15) is 10.6 Å². The number of aromatic nitrogens is 2. The van der Waals surface area contributed by atoms with Gasteiger partial charge in [-0.25, -0.2) is 0 Å². The van der Waals surface area contributed by atoms with Crippen LogP contribution < -0.4 is 5.32 Å². The lowest BCUT2D eigenvalue weighted by Crippen LogP contribution is -2.14.